The van der Waals surface area contributed by atoms with E-state index in [1.54, 1.807) is 0 Å². The van der Waals surface area contributed by atoms with Crippen molar-refractivity contribution in [3.05, 3.63) is 23.8 Å². The summed E-state index contributed by atoms with van der Waals surface area (Å²) in [4.78, 5) is 21.6. The highest BCUT2D eigenvalue weighted by Crippen LogP contribution is 2.07. The van der Waals surface area contributed by atoms with Crippen LogP contribution in [-0.4, -0.2) is 11.6 Å². The van der Waals surface area contributed by atoms with Gasteiger partial charge >= 0.3 is 0 Å². The molecule has 0 saturated heterocycles. The molecule has 0 aromatic carbocycles. The summed E-state index contributed by atoms with van der Waals surface area (Å²) < 4.78 is 0. The molecule has 0 heterocycles. The van der Waals surface area contributed by atoms with Gasteiger partial charge in [0.25, 0.3) is 0 Å². The molecule has 0 aromatic heterocycles. The predicted octanol–water partition coefficient (Wildman–Crippen LogP) is 0.644. The fourth-order valence-corrected chi connectivity index (χ4v) is 0.804. The maximum atomic E-state index is 10.9. The van der Waals surface area contributed by atoms with Crippen LogP contribution < -0.4 is 0 Å². The molecule has 0 radical (unpaired) electrons. The van der Waals surface area contributed by atoms with Crippen LogP contribution in [0.15, 0.2) is 23.8 Å². The highest BCUT2D eigenvalue weighted by atomic mass is 16.1. The van der Waals surface area contributed by atoms with E-state index in [0.717, 1.165) is 0 Å². The minimum atomic E-state index is -0.171. The minimum Gasteiger partial charge on any atom is -0.290 e. The third kappa shape index (κ3) is 1.65. The van der Waals surface area contributed by atoms with Gasteiger partial charge in [-0.3, -0.25) is 9.59 Å². The molecule has 1 aliphatic carbocycles. The average molecular weight is 146 g/mol. The molecule has 0 amide bonds. The molecule has 0 bridgehead atoms. The Balaban J connectivity index is 2.87. The molecular formula is C9H6O2. The number of carbonyl (C=O) groups excluding carboxylic acids is 2. The van der Waals surface area contributed by atoms with Crippen molar-refractivity contribution in [3.63, 3.8) is 0 Å². The topological polar surface area (TPSA) is 34.1 Å². The van der Waals surface area contributed by atoms with E-state index in [1.807, 2.05) is 0 Å². The number of terminal acetylenes is 1. The molecule has 54 valence electrons. The number of hydrogen-bond donors (Lipinski definition) is 0. The molecule has 0 saturated carbocycles. The Labute approximate surface area is 64.6 Å². The second kappa shape index (κ2) is 2.98. The number of rotatable bonds is 1. The number of carbonyl (C=O) groups is 2. The number of ketones is 2. The molecule has 2 nitrogen and oxygen atoms in total. The van der Waals surface area contributed by atoms with Crippen LogP contribution in [0.5, 0.6) is 0 Å². The van der Waals surface area contributed by atoms with Gasteiger partial charge in [0.15, 0.2) is 11.6 Å². The number of allylic oxidation sites excluding steroid dienone is 4. The van der Waals surface area contributed by atoms with Crippen LogP contribution in [0, 0.1) is 12.3 Å². The fraction of sp³-hybridized carbons (Fsp3) is 0.111. The van der Waals surface area contributed by atoms with E-state index in [1.165, 1.54) is 18.2 Å². The van der Waals surface area contributed by atoms with Gasteiger partial charge in [0, 0.05) is 12.0 Å². The largest absolute Gasteiger partial charge is 0.290 e. The minimum absolute atomic E-state index is 0.164. The first-order valence-corrected chi connectivity index (χ1v) is 3.14. The summed E-state index contributed by atoms with van der Waals surface area (Å²) in [5.41, 5.74) is 0.403. The normalized spacial score (nSPS) is 16.1. The molecule has 0 fully saturated rings. The zero-order valence-electron chi connectivity index (χ0n) is 5.83. The predicted molar refractivity (Wildman–Crippen MR) is 40.7 cm³/mol. The van der Waals surface area contributed by atoms with E-state index in [-0.39, 0.29) is 18.0 Å². The summed E-state index contributed by atoms with van der Waals surface area (Å²) >= 11 is 0. The Bertz CT molecular complexity index is 300. The highest BCUT2D eigenvalue weighted by Gasteiger charge is 2.10. The second-order valence-electron chi connectivity index (χ2n) is 2.15. The Morgan fingerprint density at radius 1 is 1.36 bits per heavy atom. The lowest BCUT2D eigenvalue weighted by Crippen LogP contribution is -2.06. The smallest absolute Gasteiger partial charge is 0.183 e. The van der Waals surface area contributed by atoms with Crippen LogP contribution in [0.1, 0.15) is 6.42 Å². The van der Waals surface area contributed by atoms with Gasteiger partial charge in [-0.2, -0.15) is 0 Å². The summed E-state index contributed by atoms with van der Waals surface area (Å²) in [6, 6.07) is 0. The maximum absolute atomic E-state index is 10.9. The molecule has 1 aliphatic rings. The fourth-order valence-electron chi connectivity index (χ4n) is 0.804. The van der Waals surface area contributed by atoms with Crippen molar-refractivity contribution in [1.29, 1.82) is 0 Å². The van der Waals surface area contributed by atoms with Crippen molar-refractivity contribution < 1.29 is 9.59 Å². The van der Waals surface area contributed by atoms with Crippen LogP contribution >= 0.6 is 0 Å². The first-order chi connectivity index (χ1) is 5.24. The highest BCUT2D eigenvalue weighted by molar-refractivity contribution is 6.17. The summed E-state index contributed by atoms with van der Waals surface area (Å²) in [5.74, 6) is 1.98. The first kappa shape index (κ1) is 7.49. The lowest BCUT2D eigenvalue weighted by Gasteiger charge is -2.00. The van der Waals surface area contributed by atoms with Crippen LogP contribution in [0.4, 0.5) is 0 Å². The third-order valence-corrected chi connectivity index (χ3v) is 1.32. The standard InChI is InChI=1S/C9H6O2/c1-2-3-7-6-8(10)4-5-9(7)11/h1,4-6H,3H2. The van der Waals surface area contributed by atoms with Crippen LogP contribution in [0.2, 0.25) is 0 Å². The van der Waals surface area contributed by atoms with Gasteiger partial charge in [0.2, 0.25) is 0 Å². The van der Waals surface area contributed by atoms with Gasteiger partial charge in [-0.15, -0.1) is 12.3 Å². The van der Waals surface area contributed by atoms with Gasteiger partial charge in [0.05, 0.1) is 0 Å². The Kier molecular flexibility index (Phi) is 2.03. The van der Waals surface area contributed by atoms with Crippen molar-refractivity contribution >= 4 is 11.6 Å². The van der Waals surface area contributed by atoms with Crippen molar-refractivity contribution in [3.8, 4) is 12.3 Å². The van der Waals surface area contributed by atoms with Crippen molar-refractivity contribution in [1.82, 2.24) is 0 Å². The van der Waals surface area contributed by atoms with Crippen molar-refractivity contribution in [2.24, 2.45) is 0 Å². The monoisotopic (exact) mass is 146 g/mol. The van der Waals surface area contributed by atoms with Gasteiger partial charge in [-0.05, 0) is 18.2 Å². The van der Waals surface area contributed by atoms with Crippen LogP contribution in [-0.2, 0) is 9.59 Å². The zero-order chi connectivity index (χ0) is 8.27. The first-order valence-electron chi connectivity index (χ1n) is 3.14. The van der Waals surface area contributed by atoms with Crippen molar-refractivity contribution in [2.75, 3.05) is 0 Å². The van der Waals surface area contributed by atoms with Crippen molar-refractivity contribution in [2.45, 2.75) is 6.42 Å². The lowest BCUT2D eigenvalue weighted by atomic mass is 10.0. The van der Waals surface area contributed by atoms with E-state index < -0.39 is 0 Å². The second-order valence-corrected chi connectivity index (χ2v) is 2.15. The van der Waals surface area contributed by atoms with Gasteiger partial charge in [0.1, 0.15) is 0 Å². The molecule has 2 heteroatoms. The molecule has 0 unspecified atom stereocenters. The summed E-state index contributed by atoms with van der Waals surface area (Å²) in [7, 11) is 0. The molecule has 0 N–H and O–H groups in total. The average Bonchev–Trinajstić information content (AvgIpc) is 1.98. The summed E-state index contributed by atoms with van der Waals surface area (Å²) in [6.07, 6.45) is 8.98. The number of hydrogen-bond acceptors (Lipinski definition) is 2. The summed E-state index contributed by atoms with van der Waals surface area (Å²) in [6.45, 7) is 0. The SMILES string of the molecule is C#CCC1=CC(=O)C=CC1=O. The van der Waals surface area contributed by atoms with E-state index in [9.17, 15) is 9.59 Å². The van der Waals surface area contributed by atoms with Crippen LogP contribution in [0.25, 0.3) is 0 Å². The molecule has 1 rings (SSSR count). The Morgan fingerprint density at radius 3 is 2.73 bits per heavy atom. The quantitative estimate of drug-likeness (QED) is 0.402. The molecule has 0 aromatic rings. The summed E-state index contributed by atoms with van der Waals surface area (Å²) in [5, 5.41) is 0. The Morgan fingerprint density at radius 2 is 2.09 bits per heavy atom. The molecule has 0 spiro atoms. The van der Waals surface area contributed by atoms with Gasteiger partial charge in [-0.25, -0.2) is 0 Å². The van der Waals surface area contributed by atoms with E-state index in [2.05, 4.69) is 5.92 Å². The van der Waals surface area contributed by atoms with E-state index in [4.69, 9.17) is 6.42 Å². The van der Waals surface area contributed by atoms with E-state index >= 15 is 0 Å². The van der Waals surface area contributed by atoms with Crippen LogP contribution in [0.3, 0.4) is 0 Å². The third-order valence-electron chi connectivity index (χ3n) is 1.32. The molecule has 0 atom stereocenters. The molecule has 0 aliphatic heterocycles. The molecular weight excluding hydrogens is 140 g/mol. The van der Waals surface area contributed by atoms with E-state index in [0.29, 0.717) is 5.57 Å². The molecule has 11 heavy (non-hydrogen) atoms. The zero-order valence-corrected chi connectivity index (χ0v) is 5.83. The maximum Gasteiger partial charge on any atom is 0.183 e. The Hall–Kier alpha value is -1.62. The van der Waals surface area contributed by atoms with Gasteiger partial charge in [-0.1, -0.05) is 0 Å². The lowest BCUT2D eigenvalue weighted by molar-refractivity contribution is -0.114. The van der Waals surface area contributed by atoms with Gasteiger partial charge < -0.3 is 0 Å².